The van der Waals surface area contributed by atoms with E-state index in [-0.39, 0.29) is 0 Å². The maximum atomic E-state index is 4.05. The molecule has 1 heterocycles. The van der Waals surface area contributed by atoms with E-state index in [9.17, 15) is 0 Å². The standard InChI is InChI=1S/C12H18N2/c1-3-9-14(2)10-5-7-12-6-4-8-13-11-12/h4-8,11H,3,9-10H2,1-2H3/b7-5-. The third-order valence-corrected chi connectivity index (χ3v) is 2.02. The number of hydrogen-bond acceptors (Lipinski definition) is 2. The Labute approximate surface area is 86.3 Å². The minimum absolute atomic E-state index is 1.00. The average Bonchev–Trinajstić information content (AvgIpc) is 2.20. The summed E-state index contributed by atoms with van der Waals surface area (Å²) in [4.78, 5) is 6.35. The fraction of sp³-hybridized carbons (Fsp3) is 0.417. The Bertz CT molecular complexity index is 267. The summed E-state index contributed by atoms with van der Waals surface area (Å²) in [6.45, 7) is 4.35. The Kier molecular flexibility index (Phi) is 4.94. The van der Waals surface area contributed by atoms with Crippen molar-refractivity contribution >= 4 is 6.08 Å². The smallest absolute Gasteiger partial charge is 0.0340 e. The van der Waals surface area contributed by atoms with Crippen LogP contribution in [-0.2, 0) is 0 Å². The van der Waals surface area contributed by atoms with Crippen molar-refractivity contribution < 1.29 is 0 Å². The highest BCUT2D eigenvalue weighted by Gasteiger charge is 1.91. The number of pyridine rings is 1. The fourth-order valence-electron chi connectivity index (χ4n) is 1.32. The first-order chi connectivity index (χ1) is 6.83. The topological polar surface area (TPSA) is 16.1 Å². The second-order valence-corrected chi connectivity index (χ2v) is 3.45. The lowest BCUT2D eigenvalue weighted by atomic mass is 10.2. The molecule has 1 aromatic heterocycles. The first-order valence-electron chi connectivity index (χ1n) is 5.08. The molecular formula is C12H18N2. The van der Waals surface area contributed by atoms with Gasteiger partial charge < -0.3 is 4.90 Å². The first-order valence-corrected chi connectivity index (χ1v) is 5.08. The van der Waals surface area contributed by atoms with Gasteiger partial charge in [0, 0.05) is 18.9 Å². The average molecular weight is 190 g/mol. The molecule has 0 bridgehead atoms. The predicted molar refractivity (Wildman–Crippen MR) is 61.1 cm³/mol. The van der Waals surface area contributed by atoms with Gasteiger partial charge in [-0.1, -0.05) is 25.1 Å². The Hall–Kier alpha value is -1.15. The zero-order valence-electron chi connectivity index (χ0n) is 8.98. The minimum atomic E-state index is 1.00. The summed E-state index contributed by atoms with van der Waals surface area (Å²) in [5.74, 6) is 0. The predicted octanol–water partition coefficient (Wildman–Crippen LogP) is 2.44. The maximum absolute atomic E-state index is 4.05. The molecule has 0 amide bonds. The van der Waals surface area contributed by atoms with Gasteiger partial charge in [0.2, 0.25) is 0 Å². The van der Waals surface area contributed by atoms with E-state index < -0.39 is 0 Å². The molecule has 0 radical (unpaired) electrons. The Balaban J connectivity index is 2.34. The second kappa shape index (κ2) is 6.33. The number of hydrogen-bond donors (Lipinski definition) is 0. The summed E-state index contributed by atoms with van der Waals surface area (Å²) in [5, 5.41) is 0. The zero-order valence-corrected chi connectivity index (χ0v) is 8.98. The minimum Gasteiger partial charge on any atom is -0.303 e. The van der Waals surface area contributed by atoms with Crippen LogP contribution >= 0.6 is 0 Å². The normalized spacial score (nSPS) is 11.4. The van der Waals surface area contributed by atoms with E-state index in [4.69, 9.17) is 0 Å². The van der Waals surface area contributed by atoms with Crippen molar-refractivity contribution in [1.29, 1.82) is 0 Å². The summed E-state index contributed by atoms with van der Waals surface area (Å²) in [5.41, 5.74) is 1.16. The third kappa shape index (κ3) is 4.19. The van der Waals surface area contributed by atoms with Crippen LogP contribution < -0.4 is 0 Å². The van der Waals surface area contributed by atoms with Crippen LogP contribution in [0.4, 0.5) is 0 Å². The molecule has 0 fully saturated rings. The van der Waals surface area contributed by atoms with Crippen molar-refractivity contribution in [2.45, 2.75) is 13.3 Å². The fourth-order valence-corrected chi connectivity index (χ4v) is 1.32. The van der Waals surface area contributed by atoms with Gasteiger partial charge in [-0.05, 0) is 31.6 Å². The Morgan fingerprint density at radius 3 is 3.00 bits per heavy atom. The summed E-state index contributed by atoms with van der Waals surface area (Å²) < 4.78 is 0. The molecule has 14 heavy (non-hydrogen) atoms. The van der Waals surface area contributed by atoms with Crippen LogP contribution in [0.15, 0.2) is 30.6 Å². The second-order valence-electron chi connectivity index (χ2n) is 3.45. The lowest BCUT2D eigenvalue weighted by molar-refractivity contribution is 0.371. The van der Waals surface area contributed by atoms with Gasteiger partial charge in [-0.3, -0.25) is 4.98 Å². The lowest BCUT2D eigenvalue weighted by Gasteiger charge is -2.11. The van der Waals surface area contributed by atoms with Crippen LogP contribution in [0.5, 0.6) is 0 Å². The third-order valence-electron chi connectivity index (χ3n) is 2.02. The van der Waals surface area contributed by atoms with Crippen molar-refractivity contribution in [3.8, 4) is 0 Å². The Morgan fingerprint density at radius 1 is 1.50 bits per heavy atom. The highest BCUT2D eigenvalue weighted by Crippen LogP contribution is 1.98. The molecule has 0 unspecified atom stereocenters. The molecule has 2 heteroatoms. The van der Waals surface area contributed by atoms with E-state index >= 15 is 0 Å². The number of likely N-dealkylation sites (N-methyl/N-ethyl adjacent to an activating group) is 1. The molecule has 0 atom stereocenters. The number of nitrogens with zero attached hydrogens (tertiary/aromatic N) is 2. The van der Waals surface area contributed by atoms with E-state index in [0.29, 0.717) is 0 Å². The van der Waals surface area contributed by atoms with Crippen LogP contribution in [0, 0.1) is 0 Å². The van der Waals surface area contributed by atoms with Gasteiger partial charge in [0.25, 0.3) is 0 Å². The van der Waals surface area contributed by atoms with Gasteiger partial charge in [0.15, 0.2) is 0 Å². The molecule has 2 nitrogen and oxygen atoms in total. The highest BCUT2D eigenvalue weighted by atomic mass is 15.1. The number of rotatable bonds is 5. The molecule has 0 aliphatic heterocycles. The summed E-state index contributed by atoms with van der Waals surface area (Å²) >= 11 is 0. The monoisotopic (exact) mass is 190 g/mol. The van der Waals surface area contributed by atoms with Crippen LogP contribution in [0.1, 0.15) is 18.9 Å². The molecule has 0 aromatic carbocycles. The van der Waals surface area contributed by atoms with Gasteiger partial charge in [-0.2, -0.15) is 0 Å². The molecule has 0 saturated heterocycles. The molecule has 0 aliphatic rings. The largest absolute Gasteiger partial charge is 0.303 e. The van der Waals surface area contributed by atoms with Gasteiger partial charge in [-0.25, -0.2) is 0 Å². The molecule has 0 aliphatic carbocycles. The maximum Gasteiger partial charge on any atom is 0.0340 e. The van der Waals surface area contributed by atoms with Crippen molar-refractivity contribution in [2.24, 2.45) is 0 Å². The van der Waals surface area contributed by atoms with Gasteiger partial charge >= 0.3 is 0 Å². The van der Waals surface area contributed by atoms with E-state index in [2.05, 4.69) is 42.1 Å². The van der Waals surface area contributed by atoms with Gasteiger partial charge in [-0.15, -0.1) is 0 Å². The van der Waals surface area contributed by atoms with Crippen molar-refractivity contribution in [3.05, 3.63) is 36.2 Å². The van der Waals surface area contributed by atoms with Crippen molar-refractivity contribution in [1.82, 2.24) is 9.88 Å². The molecule has 1 aromatic rings. The van der Waals surface area contributed by atoms with Gasteiger partial charge in [0.1, 0.15) is 0 Å². The highest BCUT2D eigenvalue weighted by molar-refractivity contribution is 5.47. The van der Waals surface area contributed by atoms with E-state index in [0.717, 1.165) is 18.7 Å². The molecular weight excluding hydrogens is 172 g/mol. The first kappa shape index (κ1) is 10.9. The zero-order chi connectivity index (χ0) is 10.2. The molecule has 0 N–H and O–H groups in total. The molecule has 1 rings (SSSR count). The van der Waals surface area contributed by atoms with Crippen LogP contribution in [0.2, 0.25) is 0 Å². The van der Waals surface area contributed by atoms with Crippen LogP contribution in [0.3, 0.4) is 0 Å². The lowest BCUT2D eigenvalue weighted by Crippen LogP contribution is -2.18. The summed E-state index contributed by atoms with van der Waals surface area (Å²) in [6, 6.07) is 4.01. The van der Waals surface area contributed by atoms with Crippen LogP contribution in [-0.4, -0.2) is 30.0 Å². The van der Waals surface area contributed by atoms with E-state index in [1.165, 1.54) is 6.42 Å². The molecule has 0 spiro atoms. The quantitative estimate of drug-likeness (QED) is 0.709. The van der Waals surface area contributed by atoms with Crippen LogP contribution in [0.25, 0.3) is 6.08 Å². The van der Waals surface area contributed by atoms with Crippen molar-refractivity contribution in [3.63, 3.8) is 0 Å². The SMILES string of the molecule is CCCN(C)C/C=C\c1cccnc1. The van der Waals surface area contributed by atoms with Gasteiger partial charge in [0.05, 0.1) is 0 Å². The molecule has 76 valence electrons. The number of aromatic nitrogens is 1. The summed E-state index contributed by atoms with van der Waals surface area (Å²) in [7, 11) is 2.14. The van der Waals surface area contributed by atoms with E-state index in [1.807, 2.05) is 12.3 Å². The molecule has 0 saturated carbocycles. The van der Waals surface area contributed by atoms with E-state index in [1.54, 1.807) is 6.20 Å². The summed E-state index contributed by atoms with van der Waals surface area (Å²) in [6.07, 6.45) is 9.15. The van der Waals surface area contributed by atoms with Crippen molar-refractivity contribution in [2.75, 3.05) is 20.1 Å². The Morgan fingerprint density at radius 2 is 2.36 bits per heavy atom.